The first-order chi connectivity index (χ1) is 9.41. The number of benzene rings is 1. The van der Waals surface area contributed by atoms with Gasteiger partial charge in [-0.1, -0.05) is 44.2 Å². The average Bonchev–Trinajstić information content (AvgIpc) is 2.42. The number of Topliss-reactive ketones (excluding diaryl/α,β-unsaturated/α-hetero) is 1. The Bertz CT molecular complexity index is 490. The van der Waals surface area contributed by atoms with E-state index in [-0.39, 0.29) is 23.9 Å². The Morgan fingerprint density at radius 2 is 1.80 bits per heavy atom. The summed E-state index contributed by atoms with van der Waals surface area (Å²) in [6.07, 6.45) is 1.51. The van der Waals surface area contributed by atoms with Crippen LogP contribution in [0.15, 0.2) is 42.1 Å². The van der Waals surface area contributed by atoms with Gasteiger partial charge in [-0.15, -0.1) is 0 Å². The molecule has 4 nitrogen and oxygen atoms in total. The SMILES string of the molecule is CC(C)C(=O)/C(=C/N(C)C)C(=O)OCc1ccccc1. The summed E-state index contributed by atoms with van der Waals surface area (Å²) in [5.41, 5.74) is 0.975. The van der Waals surface area contributed by atoms with E-state index >= 15 is 0 Å². The standard InChI is InChI=1S/C16H21NO3/c1-12(2)15(18)14(10-17(3)4)16(19)20-11-13-8-6-5-7-9-13/h5-10,12H,11H2,1-4H3/b14-10-. The van der Waals surface area contributed by atoms with E-state index in [0.717, 1.165) is 5.56 Å². The van der Waals surface area contributed by atoms with Gasteiger partial charge in [-0.25, -0.2) is 4.79 Å². The van der Waals surface area contributed by atoms with Crippen LogP contribution in [0.4, 0.5) is 0 Å². The number of ketones is 1. The fraction of sp³-hybridized carbons (Fsp3) is 0.375. The van der Waals surface area contributed by atoms with Crippen molar-refractivity contribution in [1.82, 2.24) is 4.90 Å². The van der Waals surface area contributed by atoms with Gasteiger partial charge >= 0.3 is 5.97 Å². The monoisotopic (exact) mass is 275 g/mol. The van der Waals surface area contributed by atoms with E-state index in [1.165, 1.54) is 6.20 Å². The zero-order valence-electron chi connectivity index (χ0n) is 12.4. The Balaban J connectivity index is 2.77. The van der Waals surface area contributed by atoms with Crippen LogP contribution < -0.4 is 0 Å². The molecule has 0 atom stereocenters. The van der Waals surface area contributed by atoms with E-state index in [1.54, 1.807) is 32.8 Å². The van der Waals surface area contributed by atoms with Crippen LogP contribution in [0.2, 0.25) is 0 Å². The minimum atomic E-state index is -0.582. The maximum Gasteiger partial charge on any atom is 0.343 e. The Morgan fingerprint density at radius 1 is 1.20 bits per heavy atom. The lowest BCUT2D eigenvalue weighted by Gasteiger charge is -2.12. The van der Waals surface area contributed by atoms with E-state index in [9.17, 15) is 9.59 Å². The summed E-state index contributed by atoms with van der Waals surface area (Å²) in [5, 5.41) is 0. The zero-order valence-corrected chi connectivity index (χ0v) is 12.4. The lowest BCUT2D eigenvalue weighted by atomic mass is 10.0. The molecule has 0 aliphatic rings. The first kappa shape index (κ1) is 16.0. The van der Waals surface area contributed by atoms with Crippen molar-refractivity contribution in [2.24, 2.45) is 5.92 Å². The molecule has 1 rings (SSSR count). The van der Waals surface area contributed by atoms with Crippen molar-refractivity contribution in [2.45, 2.75) is 20.5 Å². The predicted octanol–water partition coefficient (Wildman–Crippen LogP) is 2.40. The molecule has 0 spiro atoms. The second-order valence-corrected chi connectivity index (χ2v) is 5.09. The molecule has 0 radical (unpaired) electrons. The van der Waals surface area contributed by atoms with Gasteiger partial charge < -0.3 is 9.64 Å². The molecule has 0 bridgehead atoms. The van der Waals surface area contributed by atoms with Crippen LogP contribution in [0.5, 0.6) is 0 Å². The Morgan fingerprint density at radius 3 is 2.30 bits per heavy atom. The Labute approximate surface area is 120 Å². The number of ether oxygens (including phenoxy) is 1. The Kier molecular flexibility index (Phi) is 5.97. The lowest BCUT2D eigenvalue weighted by molar-refractivity contribution is -0.142. The molecule has 0 aliphatic carbocycles. The normalized spacial score (nSPS) is 11.3. The van der Waals surface area contributed by atoms with Gasteiger partial charge in [-0.3, -0.25) is 4.79 Å². The quantitative estimate of drug-likeness (QED) is 0.346. The molecule has 0 fully saturated rings. The molecule has 108 valence electrons. The summed E-state index contributed by atoms with van der Waals surface area (Å²) in [4.78, 5) is 25.8. The summed E-state index contributed by atoms with van der Waals surface area (Å²) < 4.78 is 5.21. The Hall–Kier alpha value is -2.10. The van der Waals surface area contributed by atoms with E-state index < -0.39 is 5.97 Å². The molecule has 0 aromatic heterocycles. The number of hydrogen-bond acceptors (Lipinski definition) is 4. The lowest BCUT2D eigenvalue weighted by Crippen LogP contribution is -2.22. The van der Waals surface area contributed by atoms with Gasteiger partial charge in [-0.05, 0) is 5.56 Å². The zero-order chi connectivity index (χ0) is 15.1. The molecule has 0 heterocycles. The molecule has 0 saturated heterocycles. The van der Waals surface area contributed by atoms with Crippen LogP contribution in [0.25, 0.3) is 0 Å². The van der Waals surface area contributed by atoms with Gasteiger partial charge in [0.2, 0.25) is 0 Å². The molecule has 0 amide bonds. The predicted molar refractivity (Wildman–Crippen MR) is 77.9 cm³/mol. The van der Waals surface area contributed by atoms with Gasteiger partial charge in [0.1, 0.15) is 12.2 Å². The molecule has 1 aromatic rings. The highest BCUT2D eigenvalue weighted by atomic mass is 16.5. The second-order valence-electron chi connectivity index (χ2n) is 5.09. The van der Waals surface area contributed by atoms with Crippen LogP contribution in [0.1, 0.15) is 19.4 Å². The first-order valence-corrected chi connectivity index (χ1v) is 6.55. The van der Waals surface area contributed by atoms with Gasteiger partial charge in [0.05, 0.1) is 0 Å². The largest absolute Gasteiger partial charge is 0.457 e. The van der Waals surface area contributed by atoms with E-state index in [1.807, 2.05) is 30.3 Å². The van der Waals surface area contributed by atoms with Crippen LogP contribution in [-0.2, 0) is 20.9 Å². The minimum absolute atomic E-state index is 0.0842. The maximum absolute atomic E-state index is 12.1. The molecule has 0 aliphatic heterocycles. The highest BCUT2D eigenvalue weighted by molar-refractivity contribution is 6.17. The third-order valence-electron chi connectivity index (χ3n) is 2.61. The number of hydrogen-bond donors (Lipinski definition) is 0. The van der Waals surface area contributed by atoms with E-state index in [2.05, 4.69) is 0 Å². The molecular formula is C16H21NO3. The van der Waals surface area contributed by atoms with Gasteiger partial charge in [0.15, 0.2) is 5.78 Å². The van der Waals surface area contributed by atoms with Crippen molar-refractivity contribution in [3.63, 3.8) is 0 Å². The van der Waals surface area contributed by atoms with Gasteiger partial charge in [0, 0.05) is 26.2 Å². The van der Waals surface area contributed by atoms with Gasteiger partial charge in [-0.2, -0.15) is 0 Å². The van der Waals surface area contributed by atoms with Crippen molar-refractivity contribution < 1.29 is 14.3 Å². The average molecular weight is 275 g/mol. The number of rotatable bonds is 6. The smallest absolute Gasteiger partial charge is 0.343 e. The van der Waals surface area contributed by atoms with Crippen LogP contribution in [0, 0.1) is 5.92 Å². The maximum atomic E-state index is 12.1. The van der Waals surface area contributed by atoms with Crippen molar-refractivity contribution in [1.29, 1.82) is 0 Å². The van der Waals surface area contributed by atoms with Gasteiger partial charge in [0.25, 0.3) is 0 Å². The third-order valence-corrected chi connectivity index (χ3v) is 2.61. The first-order valence-electron chi connectivity index (χ1n) is 6.55. The fourth-order valence-electron chi connectivity index (χ4n) is 1.59. The highest BCUT2D eigenvalue weighted by Gasteiger charge is 2.22. The number of nitrogens with zero attached hydrogens (tertiary/aromatic N) is 1. The molecule has 0 unspecified atom stereocenters. The molecule has 0 N–H and O–H groups in total. The van der Waals surface area contributed by atoms with Crippen molar-refractivity contribution in [3.05, 3.63) is 47.7 Å². The third kappa shape index (κ3) is 4.88. The second kappa shape index (κ2) is 7.48. The molecule has 20 heavy (non-hydrogen) atoms. The summed E-state index contributed by atoms with van der Waals surface area (Å²) >= 11 is 0. The van der Waals surface area contributed by atoms with E-state index in [4.69, 9.17) is 4.74 Å². The summed E-state index contributed by atoms with van der Waals surface area (Å²) in [6, 6.07) is 9.38. The van der Waals surface area contributed by atoms with Crippen molar-refractivity contribution in [2.75, 3.05) is 14.1 Å². The number of carbonyl (C=O) groups is 2. The van der Waals surface area contributed by atoms with E-state index in [0.29, 0.717) is 0 Å². The molecular weight excluding hydrogens is 254 g/mol. The number of carbonyl (C=O) groups excluding carboxylic acids is 2. The summed E-state index contributed by atoms with van der Waals surface area (Å²) in [5.74, 6) is -1.04. The minimum Gasteiger partial charge on any atom is -0.457 e. The van der Waals surface area contributed by atoms with Crippen LogP contribution >= 0.6 is 0 Å². The fourth-order valence-corrected chi connectivity index (χ4v) is 1.59. The molecule has 4 heteroatoms. The summed E-state index contributed by atoms with van der Waals surface area (Å²) in [6.45, 7) is 3.68. The summed E-state index contributed by atoms with van der Waals surface area (Å²) in [7, 11) is 3.52. The van der Waals surface area contributed by atoms with Crippen molar-refractivity contribution >= 4 is 11.8 Å². The number of esters is 1. The molecule has 1 aromatic carbocycles. The topological polar surface area (TPSA) is 46.6 Å². The molecule has 0 saturated carbocycles. The van der Waals surface area contributed by atoms with Crippen LogP contribution in [-0.4, -0.2) is 30.7 Å². The highest BCUT2D eigenvalue weighted by Crippen LogP contribution is 2.11. The van der Waals surface area contributed by atoms with Crippen molar-refractivity contribution in [3.8, 4) is 0 Å². The van der Waals surface area contributed by atoms with Crippen LogP contribution in [0.3, 0.4) is 0 Å².